The van der Waals surface area contributed by atoms with Crippen LogP contribution in [0, 0.1) is 5.82 Å². The lowest BCUT2D eigenvalue weighted by Crippen LogP contribution is -2.17. The van der Waals surface area contributed by atoms with E-state index >= 15 is 0 Å². The first-order chi connectivity index (χ1) is 15.9. The number of anilines is 2. The van der Waals surface area contributed by atoms with Gasteiger partial charge in [0.15, 0.2) is 0 Å². The van der Waals surface area contributed by atoms with Crippen LogP contribution < -0.4 is 15.4 Å². The van der Waals surface area contributed by atoms with Crippen molar-refractivity contribution < 1.29 is 28.2 Å². The largest absolute Gasteiger partial charge is 0.513 e. The van der Waals surface area contributed by atoms with Gasteiger partial charge >= 0.3 is 6.16 Å². The molecule has 2 amide bonds. The number of ether oxygens (including phenoxy) is 2. The Kier molecular flexibility index (Phi) is 8.13. The maximum absolute atomic E-state index is 13.0. The van der Waals surface area contributed by atoms with Crippen LogP contribution in [0.15, 0.2) is 72.8 Å². The number of amides is 2. The van der Waals surface area contributed by atoms with E-state index in [1.165, 1.54) is 36.4 Å². The number of rotatable bonds is 8. The maximum Gasteiger partial charge on any atom is 0.513 e. The minimum absolute atomic E-state index is 0.196. The van der Waals surface area contributed by atoms with Gasteiger partial charge in [-0.25, -0.2) is 9.18 Å². The van der Waals surface area contributed by atoms with E-state index in [1.54, 1.807) is 43.3 Å². The highest BCUT2D eigenvalue weighted by atomic mass is 19.1. The lowest BCUT2D eigenvalue weighted by Gasteiger charge is -2.13. The number of carbonyl (C=O) groups excluding carboxylic acids is 3. The van der Waals surface area contributed by atoms with Crippen LogP contribution in [0.4, 0.5) is 20.6 Å². The standard InChI is InChI=1S/C25H23FN2O5/c1-2-32-25(31)33-20-14-10-18(11-15-20)24(30)28-22-6-4-3-5-21(22)27-23(29)16-9-17-7-12-19(26)13-8-17/h3-8,10-15H,2,9,16H2,1H3,(H,27,29)(H,28,30). The summed E-state index contributed by atoms with van der Waals surface area (Å²) in [7, 11) is 0. The molecule has 0 atom stereocenters. The molecule has 0 aliphatic rings. The summed E-state index contributed by atoms with van der Waals surface area (Å²) in [6, 6.07) is 18.8. The Morgan fingerprint density at radius 2 is 1.48 bits per heavy atom. The zero-order valence-electron chi connectivity index (χ0n) is 18.0. The fourth-order valence-electron chi connectivity index (χ4n) is 2.94. The number of hydrogen-bond donors (Lipinski definition) is 2. The topological polar surface area (TPSA) is 93.7 Å². The lowest BCUT2D eigenvalue weighted by molar-refractivity contribution is -0.116. The van der Waals surface area contributed by atoms with Crippen LogP contribution in [-0.4, -0.2) is 24.6 Å². The second-order valence-corrected chi connectivity index (χ2v) is 6.98. The first kappa shape index (κ1) is 23.5. The Bertz CT molecular complexity index is 1110. The third-order valence-electron chi connectivity index (χ3n) is 4.58. The molecule has 3 rings (SSSR count). The summed E-state index contributed by atoms with van der Waals surface area (Å²) in [5, 5.41) is 5.56. The van der Waals surface area contributed by atoms with E-state index in [0.29, 0.717) is 23.4 Å². The predicted molar refractivity (Wildman–Crippen MR) is 122 cm³/mol. The van der Waals surface area contributed by atoms with E-state index in [2.05, 4.69) is 10.6 Å². The van der Waals surface area contributed by atoms with E-state index < -0.39 is 12.1 Å². The van der Waals surface area contributed by atoms with E-state index in [1.807, 2.05) is 0 Å². The molecule has 0 heterocycles. The molecular formula is C25H23FN2O5. The zero-order chi connectivity index (χ0) is 23.6. The van der Waals surface area contributed by atoms with Gasteiger partial charge in [-0.15, -0.1) is 0 Å². The molecule has 170 valence electrons. The van der Waals surface area contributed by atoms with Crippen molar-refractivity contribution in [1.82, 2.24) is 0 Å². The number of nitrogens with one attached hydrogen (secondary N) is 2. The van der Waals surface area contributed by atoms with Crippen molar-refractivity contribution in [3.05, 3.63) is 89.7 Å². The van der Waals surface area contributed by atoms with Crippen molar-refractivity contribution in [3.63, 3.8) is 0 Å². The van der Waals surface area contributed by atoms with Gasteiger partial charge in [-0.1, -0.05) is 24.3 Å². The molecule has 7 nitrogen and oxygen atoms in total. The molecule has 0 fully saturated rings. The molecule has 0 saturated heterocycles. The molecule has 0 aromatic heterocycles. The normalized spacial score (nSPS) is 10.2. The van der Waals surface area contributed by atoms with Gasteiger partial charge in [0.1, 0.15) is 11.6 Å². The Morgan fingerprint density at radius 1 is 0.848 bits per heavy atom. The van der Waals surface area contributed by atoms with Crippen molar-refractivity contribution >= 4 is 29.3 Å². The highest BCUT2D eigenvalue weighted by molar-refractivity contribution is 6.07. The third kappa shape index (κ3) is 7.17. The maximum atomic E-state index is 13.0. The van der Waals surface area contributed by atoms with Gasteiger partial charge in [0.2, 0.25) is 5.91 Å². The van der Waals surface area contributed by atoms with Crippen LogP contribution in [0.3, 0.4) is 0 Å². The first-order valence-electron chi connectivity index (χ1n) is 10.3. The minimum Gasteiger partial charge on any atom is -0.434 e. The average molecular weight is 450 g/mol. The average Bonchev–Trinajstić information content (AvgIpc) is 2.80. The second-order valence-electron chi connectivity index (χ2n) is 6.98. The van der Waals surface area contributed by atoms with Crippen molar-refractivity contribution in [3.8, 4) is 5.75 Å². The van der Waals surface area contributed by atoms with E-state index in [9.17, 15) is 18.8 Å². The van der Waals surface area contributed by atoms with Gasteiger partial charge in [-0.2, -0.15) is 0 Å². The summed E-state index contributed by atoms with van der Waals surface area (Å²) in [4.78, 5) is 36.4. The number of carbonyl (C=O) groups is 3. The minimum atomic E-state index is -0.821. The molecule has 0 aliphatic carbocycles. The number of halogens is 1. The van der Waals surface area contributed by atoms with E-state index in [4.69, 9.17) is 9.47 Å². The lowest BCUT2D eigenvalue weighted by atomic mass is 10.1. The van der Waals surface area contributed by atoms with Gasteiger partial charge in [0, 0.05) is 12.0 Å². The number of benzene rings is 3. The monoisotopic (exact) mass is 450 g/mol. The first-order valence-corrected chi connectivity index (χ1v) is 10.3. The zero-order valence-corrected chi connectivity index (χ0v) is 18.0. The fraction of sp³-hybridized carbons (Fsp3) is 0.160. The molecule has 3 aromatic carbocycles. The van der Waals surface area contributed by atoms with Crippen LogP contribution in [0.1, 0.15) is 29.3 Å². The summed E-state index contributed by atoms with van der Waals surface area (Å²) < 4.78 is 22.7. The SMILES string of the molecule is CCOC(=O)Oc1ccc(C(=O)Nc2ccccc2NC(=O)CCc2ccc(F)cc2)cc1. The molecule has 0 bridgehead atoms. The Labute approximate surface area is 190 Å². The van der Waals surface area contributed by atoms with Crippen LogP contribution >= 0.6 is 0 Å². The fourth-order valence-corrected chi connectivity index (χ4v) is 2.94. The summed E-state index contributed by atoms with van der Waals surface area (Å²) in [5.74, 6) is -0.708. The van der Waals surface area contributed by atoms with Gasteiger partial charge in [0.05, 0.1) is 18.0 Å². The van der Waals surface area contributed by atoms with Crippen molar-refractivity contribution in [2.24, 2.45) is 0 Å². The highest BCUT2D eigenvalue weighted by Crippen LogP contribution is 2.23. The Morgan fingerprint density at radius 3 is 2.12 bits per heavy atom. The van der Waals surface area contributed by atoms with Crippen molar-refractivity contribution in [2.75, 3.05) is 17.2 Å². The van der Waals surface area contributed by atoms with E-state index in [-0.39, 0.29) is 30.5 Å². The number of hydrogen-bond acceptors (Lipinski definition) is 5. The van der Waals surface area contributed by atoms with Crippen LogP contribution in [0.5, 0.6) is 5.75 Å². The van der Waals surface area contributed by atoms with E-state index in [0.717, 1.165) is 5.56 Å². The molecule has 0 aliphatic heterocycles. The van der Waals surface area contributed by atoms with Crippen LogP contribution in [-0.2, 0) is 16.0 Å². The second kappa shape index (κ2) is 11.4. The molecule has 0 unspecified atom stereocenters. The molecule has 0 radical (unpaired) electrons. The quantitative estimate of drug-likeness (QED) is 0.364. The van der Waals surface area contributed by atoms with Crippen molar-refractivity contribution in [1.29, 1.82) is 0 Å². The number of aryl methyl sites for hydroxylation is 1. The summed E-state index contributed by atoms with van der Waals surface area (Å²) in [6.07, 6.45) is -0.157. The smallest absolute Gasteiger partial charge is 0.434 e. The van der Waals surface area contributed by atoms with Crippen molar-refractivity contribution in [2.45, 2.75) is 19.8 Å². The number of para-hydroxylation sites is 2. The van der Waals surface area contributed by atoms with Gasteiger partial charge in [0.25, 0.3) is 5.91 Å². The Hall–Kier alpha value is -4.20. The van der Waals surface area contributed by atoms with Crippen LogP contribution in [0.25, 0.3) is 0 Å². The molecule has 33 heavy (non-hydrogen) atoms. The summed E-state index contributed by atoms with van der Waals surface area (Å²) >= 11 is 0. The van der Waals surface area contributed by atoms with Gasteiger partial charge in [-0.3, -0.25) is 9.59 Å². The summed E-state index contributed by atoms with van der Waals surface area (Å²) in [5.41, 5.74) is 2.08. The van der Waals surface area contributed by atoms with Gasteiger partial charge < -0.3 is 20.1 Å². The third-order valence-corrected chi connectivity index (χ3v) is 4.58. The molecule has 0 spiro atoms. The molecule has 3 aromatic rings. The van der Waals surface area contributed by atoms with Crippen LogP contribution in [0.2, 0.25) is 0 Å². The molecular weight excluding hydrogens is 427 g/mol. The molecule has 2 N–H and O–H groups in total. The predicted octanol–water partition coefficient (Wildman–Crippen LogP) is 5.18. The Balaban J connectivity index is 1.59. The molecule has 8 heteroatoms. The highest BCUT2D eigenvalue weighted by Gasteiger charge is 2.12. The summed E-state index contributed by atoms with van der Waals surface area (Å²) in [6.45, 7) is 1.86. The molecule has 0 saturated carbocycles. The van der Waals surface area contributed by atoms with Gasteiger partial charge in [-0.05, 0) is 67.4 Å².